The molecule has 2 heteroatoms. The SMILES string of the molecule is CCC[Si]1(C)C2=Cc3c(-c4cc(C(C)(C)C)cc(C(C)(C)C)c4)cccc3[CH]2[Hf]([CH3])([CH3])[CH]2C1=Cc1c(-c3cc(C(C)(C)C)cc(C(C)(C)C)c3)cccc12. The van der Waals surface area contributed by atoms with Crippen LogP contribution in [-0.4, -0.2) is 8.07 Å². The van der Waals surface area contributed by atoms with Crippen molar-refractivity contribution in [1.82, 2.24) is 0 Å². The molecule has 2 atom stereocenters. The van der Waals surface area contributed by atoms with E-state index in [1.165, 1.54) is 68.1 Å². The van der Waals surface area contributed by atoms with E-state index in [4.69, 9.17) is 0 Å². The molecule has 54 heavy (non-hydrogen) atoms. The average Bonchev–Trinajstić information content (AvgIpc) is 3.68. The number of fused-ring (bicyclic) bond motifs is 6. The third-order valence-corrected chi connectivity index (χ3v) is 35.7. The Balaban J connectivity index is 1.44. The second kappa shape index (κ2) is 13.0. The quantitative estimate of drug-likeness (QED) is 0.179. The van der Waals surface area contributed by atoms with Crippen LogP contribution in [0.15, 0.2) is 83.2 Å². The number of hydrogen-bond donors (Lipinski definition) is 0. The van der Waals surface area contributed by atoms with Crippen molar-refractivity contribution in [3.8, 4) is 22.3 Å². The van der Waals surface area contributed by atoms with E-state index in [1.54, 1.807) is 11.1 Å². The third-order valence-electron chi connectivity index (χ3n) is 13.6. The van der Waals surface area contributed by atoms with Crippen LogP contribution >= 0.6 is 0 Å². The molecule has 1 aliphatic heterocycles. The summed E-state index contributed by atoms with van der Waals surface area (Å²) in [7, 11) is -2.01. The van der Waals surface area contributed by atoms with Crippen LogP contribution in [0.3, 0.4) is 0 Å². The molecular formula is C52H68HfSi. The Morgan fingerprint density at radius 1 is 0.519 bits per heavy atom. The summed E-state index contributed by atoms with van der Waals surface area (Å²) < 4.78 is 6.92. The molecule has 3 aliphatic rings. The molecule has 0 nitrogen and oxygen atoms in total. The van der Waals surface area contributed by atoms with Gasteiger partial charge in [0.25, 0.3) is 0 Å². The first-order valence-electron chi connectivity index (χ1n) is 20.9. The predicted molar refractivity (Wildman–Crippen MR) is 238 cm³/mol. The molecule has 284 valence electrons. The van der Waals surface area contributed by atoms with Crippen LogP contribution in [0.5, 0.6) is 0 Å². The molecule has 0 N–H and O–H groups in total. The summed E-state index contributed by atoms with van der Waals surface area (Å²) in [5.74, 6) is 0. The average molecular weight is 900 g/mol. The summed E-state index contributed by atoms with van der Waals surface area (Å²) in [5.41, 5.74) is 18.2. The van der Waals surface area contributed by atoms with Crippen molar-refractivity contribution in [2.24, 2.45) is 0 Å². The van der Waals surface area contributed by atoms with E-state index in [1.807, 2.05) is 10.4 Å². The van der Waals surface area contributed by atoms with E-state index in [9.17, 15) is 0 Å². The van der Waals surface area contributed by atoms with Gasteiger partial charge in [-0.2, -0.15) is 0 Å². The zero-order valence-electron chi connectivity index (χ0n) is 36.7. The molecule has 1 fully saturated rings. The van der Waals surface area contributed by atoms with Crippen LogP contribution in [0.2, 0.25) is 22.0 Å². The summed E-state index contributed by atoms with van der Waals surface area (Å²) in [4.78, 5) is 0. The molecule has 4 aromatic carbocycles. The molecule has 2 aliphatic carbocycles. The van der Waals surface area contributed by atoms with Gasteiger partial charge in [0.1, 0.15) is 0 Å². The van der Waals surface area contributed by atoms with E-state index in [2.05, 4.69) is 191 Å². The van der Waals surface area contributed by atoms with Crippen molar-refractivity contribution >= 4 is 20.2 Å². The number of rotatable bonds is 4. The third kappa shape index (κ3) is 6.52. The summed E-state index contributed by atoms with van der Waals surface area (Å²) >= 11 is -3.19. The van der Waals surface area contributed by atoms with Crippen LogP contribution in [0.1, 0.15) is 148 Å². The maximum absolute atomic E-state index is 3.19. The van der Waals surface area contributed by atoms with Gasteiger partial charge in [0, 0.05) is 0 Å². The van der Waals surface area contributed by atoms with Gasteiger partial charge in [0.15, 0.2) is 0 Å². The number of allylic oxidation sites excluding steroid dienone is 2. The van der Waals surface area contributed by atoms with Gasteiger partial charge < -0.3 is 0 Å². The molecule has 0 spiro atoms. The maximum atomic E-state index is 2.82. The minimum atomic E-state index is -3.19. The zero-order chi connectivity index (χ0) is 39.6. The van der Waals surface area contributed by atoms with Gasteiger partial charge in [-0.1, -0.05) is 0 Å². The summed E-state index contributed by atoms with van der Waals surface area (Å²) in [5, 5.41) is 3.73. The molecule has 2 unspecified atom stereocenters. The summed E-state index contributed by atoms with van der Waals surface area (Å²) in [6.07, 6.45) is 6.80. The number of hydrogen-bond acceptors (Lipinski definition) is 0. The molecule has 7 rings (SSSR count). The normalized spacial score (nSPS) is 21.9. The Morgan fingerprint density at radius 2 is 0.852 bits per heavy atom. The Morgan fingerprint density at radius 3 is 1.15 bits per heavy atom. The molecule has 0 bridgehead atoms. The first kappa shape index (κ1) is 39.7. The summed E-state index contributed by atoms with van der Waals surface area (Å²) in [6.45, 7) is 33.6. The fraction of sp³-hybridized carbons (Fsp3) is 0.462. The van der Waals surface area contributed by atoms with Crippen LogP contribution in [-0.2, 0) is 41.6 Å². The second-order valence-corrected chi connectivity index (χ2v) is 43.7. The van der Waals surface area contributed by atoms with Gasteiger partial charge in [-0.25, -0.2) is 0 Å². The van der Waals surface area contributed by atoms with Gasteiger partial charge >= 0.3 is 338 Å². The first-order chi connectivity index (χ1) is 24.9. The van der Waals surface area contributed by atoms with E-state index in [0.717, 1.165) is 0 Å². The van der Waals surface area contributed by atoms with Crippen LogP contribution in [0, 0.1) is 0 Å². The molecule has 0 saturated carbocycles. The first-order valence-corrected chi connectivity index (χ1v) is 34.9. The summed E-state index contributed by atoms with van der Waals surface area (Å²) in [6, 6.07) is 31.1. The van der Waals surface area contributed by atoms with Crippen LogP contribution in [0.25, 0.3) is 34.4 Å². The van der Waals surface area contributed by atoms with E-state index in [0.29, 0.717) is 7.35 Å². The molecule has 1 saturated heterocycles. The van der Waals surface area contributed by atoms with Crippen molar-refractivity contribution in [2.45, 2.75) is 147 Å². The number of benzene rings is 4. The topological polar surface area (TPSA) is 0 Å². The van der Waals surface area contributed by atoms with Crippen molar-refractivity contribution in [1.29, 1.82) is 0 Å². The minimum absolute atomic E-state index is 0.0879. The van der Waals surface area contributed by atoms with E-state index >= 15 is 0 Å². The predicted octanol–water partition coefficient (Wildman–Crippen LogP) is 15.6. The van der Waals surface area contributed by atoms with Gasteiger partial charge in [0.05, 0.1) is 0 Å². The van der Waals surface area contributed by atoms with E-state index in [-0.39, 0.29) is 21.7 Å². The fourth-order valence-electron chi connectivity index (χ4n) is 10.3. The fourth-order valence-corrected chi connectivity index (χ4v) is 42.8. The molecule has 0 amide bonds. The van der Waals surface area contributed by atoms with Crippen molar-refractivity contribution < 1.29 is 20.0 Å². The van der Waals surface area contributed by atoms with Gasteiger partial charge in [0.2, 0.25) is 0 Å². The molecule has 4 aromatic rings. The van der Waals surface area contributed by atoms with Gasteiger partial charge in [-0.3, -0.25) is 0 Å². The molecule has 1 heterocycles. The van der Waals surface area contributed by atoms with Gasteiger partial charge in [-0.05, 0) is 0 Å². The molecular weight excluding hydrogens is 831 g/mol. The van der Waals surface area contributed by atoms with Crippen LogP contribution in [0.4, 0.5) is 0 Å². The Bertz CT molecular complexity index is 2000. The van der Waals surface area contributed by atoms with Crippen molar-refractivity contribution in [2.75, 3.05) is 0 Å². The van der Waals surface area contributed by atoms with E-state index < -0.39 is 28.0 Å². The Hall–Kier alpha value is -2.55. The van der Waals surface area contributed by atoms with Gasteiger partial charge in [-0.15, -0.1) is 0 Å². The monoisotopic (exact) mass is 900 g/mol. The van der Waals surface area contributed by atoms with Crippen molar-refractivity contribution in [3.05, 3.63) is 128 Å². The Labute approximate surface area is 335 Å². The standard InChI is InChI=1S/C50H62Si.2CH3.Hf/c1-15-22-51(14,41-27-33-18-16-20-43(45(33)31-41)35-23-37(47(2,3)4)29-38(24-35)48(5,6)7)42-28-34-19-17-21-44(46(34)32-42)36-25-39(49(8,9)10)30-40(26-36)50(11,12)13;;;/h16-21,23-32H,15,22H2,1-14H3;2*1H3;. The van der Waals surface area contributed by atoms with Crippen molar-refractivity contribution in [3.63, 3.8) is 0 Å². The van der Waals surface area contributed by atoms with Crippen LogP contribution < -0.4 is 0 Å². The Kier molecular flexibility index (Phi) is 9.54. The molecule has 0 aromatic heterocycles. The zero-order valence-corrected chi connectivity index (χ0v) is 41.2. The molecule has 0 radical (unpaired) electrons. The second-order valence-electron chi connectivity index (χ2n) is 22.2.